The minimum absolute atomic E-state index is 0.275. The molecule has 0 atom stereocenters. The molecule has 6 nitrogen and oxygen atoms in total. The zero-order chi connectivity index (χ0) is 10.4. The van der Waals surface area contributed by atoms with E-state index in [1.807, 2.05) is 0 Å². The van der Waals surface area contributed by atoms with E-state index in [4.69, 9.17) is 15.3 Å². The molecule has 0 unspecified atom stereocenters. The average molecular weight is 304 g/mol. The van der Waals surface area contributed by atoms with Crippen molar-refractivity contribution in [3.05, 3.63) is 0 Å². The molecule has 0 aromatic carbocycles. The van der Waals surface area contributed by atoms with E-state index in [1.165, 1.54) is 0 Å². The number of alkyl halides is 3. The second-order valence-corrected chi connectivity index (χ2v) is 7.67. The van der Waals surface area contributed by atoms with Crippen LogP contribution in [0, 0.1) is 0 Å². The SMILES string of the molecule is O=C(O)CI(CC(=O)O)CC(=O)O. The van der Waals surface area contributed by atoms with E-state index in [0.29, 0.717) is 0 Å². The van der Waals surface area contributed by atoms with Crippen molar-refractivity contribution in [1.82, 2.24) is 0 Å². The van der Waals surface area contributed by atoms with Crippen molar-refractivity contribution in [3.63, 3.8) is 0 Å². The first-order valence-electron chi connectivity index (χ1n) is 3.15. The molecule has 0 fully saturated rings. The molecule has 0 aromatic heterocycles. The molecule has 0 saturated heterocycles. The monoisotopic (exact) mass is 304 g/mol. The van der Waals surface area contributed by atoms with Crippen LogP contribution in [-0.2, 0) is 14.4 Å². The molecular weight excluding hydrogens is 295 g/mol. The number of carbonyl (C=O) groups is 3. The van der Waals surface area contributed by atoms with Crippen LogP contribution >= 0.6 is 19.8 Å². The van der Waals surface area contributed by atoms with Crippen LogP contribution in [0.2, 0.25) is 0 Å². The van der Waals surface area contributed by atoms with Gasteiger partial charge in [-0.15, -0.1) is 0 Å². The summed E-state index contributed by atoms with van der Waals surface area (Å²) in [5.74, 6) is -3.35. The van der Waals surface area contributed by atoms with E-state index in [9.17, 15) is 14.4 Å². The van der Waals surface area contributed by atoms with E-state index in [1.54, 1.807) is 0 Å². The molecule has 0 bridgehead atoms. The molecule has 7 heteroatoms. The Kier molecular flexibility index (Phi) is 5.35. The molecule has 13 heavy (non-hydrogen) atoms. The molecule has 0 saturated carbocycles. The van der Waals surface area contributed by atoms with E-state index in [2.05, 4.69) is 0 Å². The van der Waals surface area contributed by atoms with Gasteiger partial charge in [0.15, 0.2) is 0 Å². The van der Waals surface area contributed by atoms with Crippen LogP contribution in [-0.4, -0.2) is 46.5 Å². The number of aliphatic carboxylic acids is 3. The number of hydrogen-bond acceptors (Lipinski definition) is 3. The summed E-state index contributed by atoms with van der Waals surface area (Å²) in [6.45, 7) is 0. The predicted octanol–water partition coefficient (Wildman–Crippen LogP) is -0.253. The standard InChI is InChI=1S/C6H9IO6/c8-4(9)1-7(2-5(10)11)3-6(12)13/h1-3H2,(H,8,9)(H,10,11)(H,12,13). The van der Waals surface area contributed by atoms with Crippen LogP contribution < -0.4 is 0 Å². The minimum atomic E-state index is -2.38. The molecule has 0 aliphatic heterocycles. The van der Waals surface area contributed by atoms with Gasteiger partial charge in [-0.25, -0.2) is 0 Å². The first kappa shape index (κ1) is 12.1. The summed E-state index contributed by atoms with van der Waals surface area (Å²) in [5, 5.41) is 25.1. The number of rotatable bonds is 6. The van der Waals surface area contributed by atoms with Gasteiger partial charge in [0.25, 0.3) is 0 Å². The van der Waals surface area contributed by atoms with Gasteiger partial charge >= 0.3 is 80.7 Å². The summed E-state index contributed by atoms with van der Waals surface area (Å²) < 4.78 is -0.826. The fourth-order valence-electron chi connectivity index (χ4n) is 0.627. The van der Waals surface area contributed by atoms with Gasteiger partial charge in [-0.3, -0.25) is 0 Å². The second kappa shape index (κ2) is 5.73. The Morgan fingerprint density at radius 3 is 1.15 bits per heavy atom. The second-order valence-electron chi connectivity index (χ2n) is 2.15. The topological polar surface area (TPSA) is 112 Å². The van der Waals surface area contributed by atoms with Crippen LogP contribution in [0.3, 0.4) is 0 Å². The van der Waals surface area contributed by atoms with Gasteiger partial charge in [0, 0.05) is 0 Å². The Morgan fingerprint density at radius 1 is 0.769 bits per heavy atom. The van der Waals surface area contributed by atoms with Crippen LogP contribution in [0.25, 0.3) is 0 Å². The molecule has 0 amide bonds. The van der Waals surface area contributed by atoms with E-state index in [0.717, 1.165) is 0 Å². The zero-order valence-electron chi connectivity index (χ0n) is 6.57. The van der Waals surface area contributed by atoms with Gasteiger partial charge in [-0.1, -0.05) is 0 Å². The van der Waals surface area contributed by atoms with Gasteiger partial charge in [-0.2, -0.15) is 0 Å². The fourth-order valence-corrected chi connectivity index (χ4v) is 4.20. The summed E-state index contributed by atoms with van der Waals surface area (Å²) in [5.41, 5.74) is 0. The zero-order valence-corrected chi connectivity index (χ0v) is 8.72. The predicted molar refractivity (Wildman–Crippen MR) is 51.5 cm³/mol. The molecule has 76 valence electrons. The van der Waals surface area contributed by atoms with Gasteiger partial charge in [0.2, 0.25) is 0 Å². The Morgan fingerprint density at radius 2 is 1.00 bits per heavy atom. The van der Waals surface area contributed by atoms with Crippen LogP contribution in [0.15, 0.2) is 0 Å². The summed E-state index contributed by atoms with van der Waals surface area (Å²) in [6, 6.07) is 0. The van der Waals surface area contributed by atoms with Crippen molar-refractivity contribution in [2.75, 3.05) is 13.3 Å². The van der Waals surface area contributed by atoms with E-state index < -0.39 is 37.7 Å². The van der Waals surface area contributed by atoms with Crippen molar-refractivity contribution >= 4 is 37.7 Å². The van der Waals surface area contributed by atoms with Gasteiger partial charge < -0.3 is 0 Å². The number of halogens is 1. The van der Waals surface area contributed by atoms with Crippen molar-refractivity contribution in [3.8, 4) is 0 Å². The Balaban J connectivity index is 4.10. The van der Waals surface area contributed by atoms with E-state index >= 15 is 0 Å². The summed E-state index contributed by atoms with van der Waals surface area (Å²) in [4.78, 5) is 30.7. The molecule has 0 rings (SSSR count). The molecule has 0 radical (unpaired) electrons. The first-order valence-corrected chi connectivity index (χ1v) is 7.72. The number of carboxylic acid groups (broad SMARTS) is 3. The average Bonchev–Trinajstić information content (AvgIpc) is 1.80. The number of carboxylic acids is 3. The molecule has 0 aromatic rings. The van der Waals surface area contributed by atoms with Crippen LogP contribution in [0.4, 0.5) is 0 Å². The Hall–Kier alpha value is -0.860. The first-order chi connectivity index (χ1) is 5.91. The molecule has 0 heterocycles. The van der Waals surface area contributed by atoms with Gasteiger partial charge in [0.05, 0.1) is 0 Å². The maximum absolute atomic E-state index is 10.2. The third-order valence-electron chi connectivity index (χ3n) is 0.910. The summed E-state index contributed by atoms with van der Waals surface area (Å²) in [7, 11) is 0. The molecular formula is C6H9IO6. The molecule has 0 aliphatic carbocycles. The molecule has 0 spiro atoms. The third-order valence-corrected chi connectivity index (χ3v) is 6.10. The Labute approximate surface area is 80.9 Å². The summed E-state index contributed by atoms with van der Waals surface area (Å²) in [6.07, 6.45) is 0. The quantitative estimate of drug-likeness (QED) is 0.461. The van der Waals surface area contributed by atoms with Crippen LogP contribution in [0.1, 0.15) is 0 Å². The number of hydrogen-bond donors (Lipinski definition) is 3. The van der Waals surface area contributed by atoms with Crippen molar-refractivity contribution in [2.45, 2.75) is 0 Å². The molecule has 0 aliphatic rings. The van der Waals surface area contributed by atoms with Crippen molar-refractivity contribution < 1.29 is 29.7 Å². The van der Waals surface area contributed by atoms with Crippen molar-refractivity contribution in [1.29, 1.82) is 0 Å². The van der Waals surface area contributed by atoms with Gasteiger partial charge in [-0.05, 0) is 0 Å². The van der Waals surface area contributed by atoms with Gasteiger partial charge in [0.1, 0.15) is 0 Å². The molecule has 3 N–H and O–H groups in total. The van der Waals surface area contributed by atoms with E-state index in [-0.39, 0.29) is 13.3 Å². The fraction of sp³-hybridized carbons (Fsp3) is 0.500. The normalized spacial score (nSPS) is 10.6. The van der Waals surface area contributed by atoms with Crippen LogP contribution in [0.5, 0.6) is 0 Å². The van der Waals surface area contributed by atoms with Crippen molar-refractivity contribution in [2.24, 2.45) is 0 Å². The third kappa shape index (κ3) is 7.50. The Bertz CT molecular complexity index is 187. The summed E-state index contributed by atoms with van der Waals surface area (Å²) >= 11 is -2.38. The maximum atomic E-state index is 10.2.